The Morgan fingerprint density at radius 2 is 1.86 bits per heavy atom. The number of aliphatic hydroxyl groups excluding tert-OH is 1. The van der Waals surface area contributed by atoms with Gasteiger partial charge in [0.25, 0.3) is 0 Å². The number of carbonyl (C=O) groups excluding carboxylic acids is 2. The average molecular weight is 381 g/mol. The Hall–Kier alpha value is -2.39. The lowest BCUT2D eigenvalue weighted by Crippen LogP contribution is -2.52. The third-order valence-electron chi connectivity index (χ3n) is 6.60. The maximum absolute atomic E-state index is 13.5. The molecule has 6 heteroatoms. The molecule has 148 valence electrons. The van der Waals surface area contributed by atoms with Crippen LogP contribution in [0.25, 0.3) is 0 Å². The van der Waals surface area contributed by atoms with E-state index in [9.17, 15) is 20.0 Å². The molecule has 28 heavy (non-hydrogen) atoms. The molecule has 0 unspecified atom stereocenters. The summed E-state index contributed by atoms with van der Waals surface area (Å²) in [6.07, 6.45) is 5.24. The zero-order valence-electron chi connectivity index (χ0n) is 16.1. The molecule has 2 fully saturated rings. The van der Waals surface area contributed by atoms with Crippen molar-refractivity contribution in [1.82, 2.24) is 10.2 Å². The fraction of sp³-hybridized carbons (Fsp3) is 0.591. The van der Waals surface area contributed by atoms with Gasteiger partial charge in [0.05, 0.1) is 18.7 Å². The van der Waals surface area contributed by atoms with E-state index in [-0.39, 0.29) is 36.3 Å². The Balaban J connectivity index is 1.53. The Morgan fingerprint density at radius 3 is 2.50 bits per heavy atom. The number of hydrogen-bond donors (Lipinski definition) is 2. The lowest BCUT2D eigenvalue weighted by Gasteiger charge is -2.40. The first kappa shape index (κ1) is 18.9. The van der Waals surface area contributed by atoms with E-state index in [1.807, 2.05) is 24.3 Å². The first-order chi connectivity index (χ1) is 13.6. The Morgan fingerprint density at radius 1 is 1.18 bits per heavy atom. The molecule has 2 saturated carbocycles. The molecule has 3 aliphatic rings. The molecule has 0 radical (unpaired) electrons. The van der Waals surface area contributed by atoms with Gasteiger partial charge in [-0.05, 0) is 43.2 Å². The van der Waals surface area contributed by atoms with E-state index in [4.69, 9.17) is 0 Å². The predicted octanol–water partition coefficient (Wildman–Crippen LogP) is 1.91. The van der Waals surface area contributed by atoms with Crippen LogP contribution in [0.2, 0.25) is 0 Å². The highest BCUT2D eigenvalue weighted by molar-refractivity contribution is 5.89. The lowest BCUT2D eigenvalue weighted by atomic mass is 9.77. The molecule has 2 N–H and O–H groups in total. The van der Waals surface area contributed by atoms with Crippen LogP contribution in [0.1, 0.15) is 49.7 Å². The molecule has 4 rings (SSSR count). The van der Waals surface area contributed by atoms with Gasteiger partial charge in [0.2, 0.25) is 11.8 Å². The summed E-state index contributed by atoms with van der Waals surface area (Å²) < 4.78 is 0. The van der Waals surface area contributed by atoms with E-state index in [1.54, 1.807) is 4.90 Å². The van der Waals surface area contributed by atoms with Crippen LogP contribution in [0.15, 0.2) is 24.3 Å². The quantitative estimate of drug-likeness (QED) is 0.833. The zero-order chi connectivity index (χ0) is 19.7. The summed E-state index contributed by atoms with van der Waals surface area (Å²) in [5.41, 5.74) is 1.58. The molecule has 2 aliphatic carbocycles. The summed E-state index contributed by atoms with van der Waals surface area (Å²) in [6.45, 7) is 0.397. The molecule has 3 atom stereocenters. The van der Waals surface area contributed by atoms with Crippen molar-refractivity contribution in [2.75, 3.05) is 6.61 Å². The monoisotopic (exact) mass is 381 g/mol. The molecule has 1 aromatic rings. The number of aliphatic hydroxyl groups is 1. The van der Waals surface area contributed by atoms with E-state index in [0.717, 1.165) is 18.4 Å². The highest BCUT2D eigenvalue weighted by Gasteiger charge is 2.48. The molecule has 0 bridgehead atoms. The number of amides is 2. The molecule has 0 saturated heterocycles. The minimum absolute atomic E-state index is 0.0322. The van der Waals surface area contributed by atoms with Crippen molar-refractivity contribution in [3.63, 3.8) is 0 Å². The van der Waals surface area contributed by atoms with Crippen molar-refractivity contribution < 1.29 is 14.7 Å². The topological polar surface area (TPSA) is 93.4 Å². The van der Waals surface area contributed by atoms with Crippen LogP contribution in [0.4, 0.5) is 0 Å². The zero-order valence-corrected chi connectivity index (χ0v) is 16.1. The summed E-state index contributed by atoms with van der Waals surface area (Å²) in [7, 11) is 0. The van der Waals surface area contributed by atoms with E-state index >= 15 is 0 Å². The van der Waals surface area contributed by atoms with Gasteiger partial charge >= 0.3 is 0 Å². The number of rotatable bonds is 4. The van der Waals surface area contributed by atoms with Crippen LogP contribution in [0.5, 0.6) is 0 Å². The second-order valence-corrected chi connectivity index (χ2v) is 8.46. The summed E-state index contributed by atoms with van der Waals surface area (Å²) in [6, 6.07) is 9.97. The molecule has 1 aliphatic heterocycles. The lowest BCUT2D eigenvalue weighted by molar-refractivity contribution is -0.147. The van der Waals surface area contributed by atoms with Crippen LogP contribution in [-0.2, 0) is 22.6 Å². The summed E-state index contributed by atoms with van der Waals surface area (Å²) in [5, 5.41) is 22.1. The molecular weight excluding hydrogens is 354 g/mol. The fourth-order valence-corrected chi connectivity index (χ4v) is 4.68. The molecule has 6 nitrogen and oxygen atoms in total. The van der Waals surface area contributed by atoms with Crippen molar-refractivity contribution in [2.24, 2.45) is 11.8 Å². The van der Waals surface area contributed by atoms with Gasteiger partial charge in [-0.3, -0.25) is 9.59 Å². The number of fused-ring (bicyclic) bond motifs is 1. The molecule has 1 heterocycles. The number of carbonyl (C=O) groups is 2. The van der Waals surface area contributed by atoms with Crippen molar-refractivity contribution >= 4 is 11.8 Å². The van der Waals surface area contributed by atoms with Gasteiger partial charge in [0.15, 0.2) is 0 Å². The first-order valence-electron chi connectivity index (χ1n) is 10.3. The van der Waals surface area contributed by atoms with Gasteiger partial charge in [0, 0.05) is 18.4 Å². The van der Waals surface area contributed by atoms with Crippen LogP contribution in [0, 0.1) is 23.2 Å². The molecule has 2 amide bonds. The van der Waals surface area contributed by atoms with Crippen molar-refractivity contribution in [2.45, 2.75) is 63.1 Å². The first-order valence-corrected chi connectivity index (χ1v) is 10.3. The van der Waals surface area contributed by atoms with Gasteiger partial charge in [0.1, 0.15) is 5.54 Å². The summed E-state index contributed by atoms with van der Waals surface area (Å²) >= 11 is 0. The highest BCUT2D eigenvalue weighted by atomic mass is 16.3. The van der Waals surface area contributed by atoms with Crippen molar-refractivity contribution in [1.29, 1.82) is 5.26 Å². The van der Waals surface area contributed by atoms with E-state index in [1.165, 1.54) is 5.56 Å². The number of nitriles is 1. The maximum Gasteiger partial charge on any atom is 0.227 e. The summed E-state index contributed by atoms with van der Waals surface area (Å²) in [4.78, 5) is 28.1. The van der Waals surface area contributed by atoms with Crippen LogP contribution >= 0.6 is 0 Å². The standard InChI is InChI=1S/C22H27N3O3/c23-14-22(9-10-22)24-20(27)18-7-3-4-8-19(18)21(28)25-12-16-6-2-1-5-15(16)11-17(25)13-26/h1-2,5-6,17-19,26H,3-4,7-13H2,(H,24,27)/t17-,18+,19+/m0/s1. The van der Waals surface area contributed by atoms with Gasteiger partial charge in [-0.25, -0.2) is 0 Å². The number of nitrogens with one attached hydrogen (secondary N) is 1. The third-order valence-corrected chi connectivity index (χ3v) is 6.60. The van der Waals surface area contributed by atoms with Crippen LogP contribution < -0.4 is 5.32 Å². The van der Waals surface area contributed by atoms with Gasteiger partial charge in [-0.15, -0.1) is 0 Å². The molecule has 0 aromatic heterocycles. The van der Waals surface area contributed by atoms with E-state index < -0.39 is 5.54 Å². The third kappa shape index (κ3) is 3.51. The summed E-state index contributed by atoms with van der Waals surface area (Å²) in [5.74, 6) is -0.948. The average Bonchev–Trinajstić information content (AvgIpc) is 3.52. The van der Waals surface area contributed by atoms with Gasteiger partial charge < -0.3 is 15.3 Å². The minimum atomic E-state index is -0.709. The molecule has 0 spiro atoms. The van der Waals surface area contributed by atoms with Crippen LogP contribution in [0.3, 0.4) is 0 Å². The van der Waals surface area contributed by atoms with E-state index in [2.05, 4.69) is 11.4 Å². The second kappa shape index (κ2) is 7.56. The molecular formula is C22H27N3O3. The predicted molar refractivity (Wildman–Crippen MR) is 103 cm³/mol. The normalized spacial score (nSPS) is 28.0. The minimum Gasteiger partial charge on any atom is -0.394 e. The SMILES string of the molecule is N#CC1(NC(=O)[C@@H]2CCCC[C@H]2C(=O)N2Cc3ccccc3C[C@H]2CO)CC1. The molecule has 1 aromatic carbocycles. The van der Waals surface area contributed by atoms with Crippen molar-refractivity contribution in [3.05, 3.63) is 35.4 Å². The fourth-order valence-electron chi connectivity index (χ4n) is 4.68. The Labute approximate surface area is 165 Å². The van der Waals surface area contributed by atoms with Crippen LogP contribution in [-0.4, -0.2) is 40.0 Å². The van der Waals surface area contributed by atoms with E-state index in [0.29, 0.717) is 38.6 Å². The largest absolute Gasteiger partial charge is 0.394 e. The smallest absolute Gasteiger partial charge is 0.227 e. The second-order valence-electron chi connectivity index (χ2n) is 8.46. The van der Waals surface area contributed by atoms with Crippen molar-refractivity contribution in [3.8, 4) is 6.07 Å². The number of nitrogens with zero attached hydrogens (tertiary/aromatic N) is 2. The highest BCUT2D eigenvalue weighted by Crippen LogP contribution is 2.38. The Kier molecular flexibility index (Phi) is 5.11. The maximum atomic E-state index is 13.5. The number of benzene rings is 1. The Bertz CT molecular complexity index is 811. The number of hydrogen-bond acceptors (Lipinski definition) is 4. The van der Waals surface area contributed by atoms with Gasteiger partial charge in [-0.1, -0.05) is 37.1 Å². The van der Waals surface area contributed by atoms with Gasteiger partial charge in [-0.2, -0.15) is 5.26 Å².